The van der Waals surface area contributed by atoms with Gasteiger partial charge in [-0.3, -0.25) is 4.98 Å². The molecule has 0 spiro atoms. The average Bonchev–Trinajstić information content (AvgIpc) is 3.18. The minimum absolute atomic E-state index is 0. The Morgan fingerprint density at radius 3 is 2.62 bits per heavy atom. The molecule has 0 saturated carbocycles. The molecule has 0 aliphatic rings. The summed E-state index contributed by atoms with van der Waals surface area (Å²) in [6.45, 7) is 0.327. The molecule has 0 aliphatic heterocycles. The van der Waals surface area contributed by atoms with Gasteiger partial charge in [0.15, 0.2) is 0 Å². The number of hydrogen-bond donors (Lipinski definition) is 0. The van der Waals surface area contributed by atoms with E-state index in [1.165, 1.54) is 7.11 Å². The lowest BCUT2D eigenvalue weighted by molar-refractivity contribution is 0.413. The molecular weight excluding hydrogens is 412 g/mol. The number of aromatic nitrogens is 3. The summed E-state index contributed by atoms with van der Waals surface area (Å²) in [5.74, 6) is 0.849. The molecule has 148 valence electrons. The summed E-state index contributed by atoms with van der Waals surface area (Å²) < 4.78 is 22.8. The number of nitrogens with zero attached hydrogens (tertiary/aromatic N) is 3. The summed E-state index contributed by atoms with van der Waals surface area (Å²) in [5, 5.41) is 0.540. The van der Waals surface area contributed by atoms with Crippen LogP contribution in [0.3, 0.4) is 0 Å². The number of rotatable bonds is 5. The first kappa shape index (κ1) is 20.8. The normalized spacial score (nSPS) is 10.4. The van der Waals surface area contributed by atoms with Crippen LogP contribution < -0.4 is 4.74 Å². The van der Waals surface area contributed by atoms with E-state index in [0.29, 0.717) is 34.0 Å². The SMILES string of the molecule is COc1ccc(Cn2ccnc2-c2cccnc2)c(F)c1-c1cccc(Cl)c1.Cl. The Bertz CT molecular complexity index is 1120. The van der Waals surface area contributed by atoms with Crippen molar-refractivity contribution in [3.8, 4) is 28.3 Å². The molecule has 2 heterocycles. The molecule has 0 bridgehead atoms. The molecule has 0 unspecified atom stereocenters. The smallest absolute Gasteiger partial charge is 0.141 e. The summed E-state index contributed by atoms with van der Waals surface area (Å²) in [5.41, 5.74) is 2.46. The maximum atomic E-state index is 15.5. The van der Waals surface area contributed by atoms with E-state index in [4.69, 9.17) is 16.3 Å². The van der Waals surface area contributed by atoms with E-state index in [2.05, 4.69) is 9.97 Å². The number of benzene rings is 2. The van der Waals surface area contributed by atoms with Crippen LogP contribution in [0.4, 0.5) is 4.39 Å². The molecule has 0 radical (unpaired) electrons. The molecule has 0 fully saturated rings. The third kappa shape index (κ3) is 4.26. The first-order valence-corrected chi connectivity index (χ1v) is 9.08. The van der Waals surface area contributed by atoms with Crippen molar-refractivity contribution in [3.05, 3.63) is 89.7 Å². The van der Waals surface area contributed by atoms with Gasteiger partial charge in [0.2, 0.25) is 0 Å². The van der Waals surface area contributed by atoms with E-state index < -0.39 is 0 Å². The van der Waals surface area contributed by atoms with Crippen LogP contribution in [0.1, 0.15) is 5.56 Å². The van der Waals surface area contributed by atoms with Crippen LogP contribution in [0.25, 0.3) is 22.5 Å². The molecule has 29 heavy (non-hydrogen) atoms. The van der Waals surface area contributed by atoms with Gasteiger partial charge in [-0.1, -0.05) is 29.8 Å². The van der Waals surface area contributed by atoms with Crippen molar-refractivity contribution < 1.29 is 9.13 Å². The van der Waals surface area contributed by atoms with Crippen molar-refractivity contribution >= 4 is 24.0 Å². The number of ether oxygens (including phenoxy) is 1. The van der Waals surface area contributed by atoms with Crippen molar-refractivity contribution in [2.24, 2.45) is 0 Å². The summed E-state index contributed by atoms with van der Waals surface area (Å²) >= 11 is 6.10. The summed E-state index contributed by atoms with van der Waals surface area (Å²) in [7, 11) is 1.53. The minimum Gasteiger partial charge on any atom is -0.496 e. The Balaban J connectivity index is 0.00000240. The third-order valence-corrected chi connectivity index (χ3v) is 4.73. The molecule has 2 aromatic carbocycles. The maximum Gasteiger partial charge on any atom is 0.141 e. The fourth-order valence-corrected chi connectivity index (χ4v) is 3.37. The number of halogens is 3. The molecule has 0 saturated heterocycles. The topological polar surface area (TPSA) is 39.9 Å². The quantitative estimate of drug-likeness (QED) is 0.397. The highest BCUT2D eigenvalue weighted by Crippen LogP contribution is 2.36. The Hall–Kier alpha value is -2.89. The second-order valence-electron chi connectivity index (χ2n) is 6.25. The predicted octanol–water partition coefficient (Wildman–Crippen LogP) is 5.88. The van der Waals surface area contributed by atoms with E-state index in [9.17, 15) is 0 Å². The standard InChI is InChI=1S/C22H17ClFN3O.ClH/c1-28-19-8-7-17(21(24)20(19)15-4-2-6-18(23)12-15)14-27-11-10-26-22(27)16-5-3-9-25-13-16;/h2-13H,14H2,1H3;1H. The van der Waals surface area contributed by atoms with Crippen LogP contribution >= 0.6 is 24.0 Å². The largest absolute Gasteiger partial charge is 0.496 e. The van der Waals surface area contributed by atoms with Crippen molar-refractivity contribution in [1.29, 1.82) is 0 Å². The summed E-state index contributed by atoms with van der Waals surface area (Å²) in [6, 6.07) is 14.4. The van der Waals surface area contributed by atoms with Gasteiger partial charge in [0.05, 0.1) is 19.2 Å². The highest BCUT2D eigenvalue weighted by Gasteiger charge is 2.17. The van der Waals surface area contributed by atoms with E-state index in [0.717, 1.165) is 11.4 Å². The van der Waals surface area contributed by atoms with Gasteiger partial charge < -0.3 is 9.30 Å². The second kappa shape index (κ2) is 9.07. The van der Waals surface area contributed by atoms with Crippen molar-refractivity contribution in [2.45, 2.75) is 6.54 Å². The molecule has 4 rings (SSSR count). The lowest BCUT2D eigenvalue weighted by Gasteiger charge is -2.15. The molecule has 0 atom stereocenters. The molecule has 7 heteroatoms. The zero-order valence-corrected chi connectivity index (χ0v) is 17.1. The van der Waals surface area contributed by atoms with Crippen LogP contribution in [0.2, 0.25) is 5.02 Å². The molecule has 4 aromatic rings. The van der Waals surface area contributed by atoms with Crippen molar-refractivity contribution in [2.75, 3.05) is 7.11 Å². The molecule has 4 nitrogen and oxygen atoms in total. The zero-order valence-electron chi connectivity index (χ0n) is 15.5. The van der Waals surface area contributed by atoms with Gasteiger partial charge in [-0.2, -0.15) is 0 Å². The van der Waals surface area contributed by atoms with Crippen LogP contribution in [0.15, 0.2) is 73.3 Å². The predicted molar refractivity (Wildman–Crippen MR) is 115 cm³/mol. The number of imidazole rings is 1. The van der Waals surface area contributed by atoms with Crippen LogP contribution in [-0.2, 0) is 6.54 Å². The Labute approximate surface area is 179 Å². The van der Waals surface area contributed by atoms with Crippen molar-refractivity contribution in [3.63, 3.8) is 0 Å². The highest BCUT2D eigenvalue weighted by molar-refractivity contribution is 6.30. The Kier molecular flexibility index (Phi) is 6.52. The van der Waals surface area contributed by atoms with Gasteiger partial charge in [0.1, 0.15) is 17.4 Å². The van der Waals surface area contributed by atoms with Crippen LogP contribution in [0, 0.1) is 5.82 Å². The number of hydrogen-bond acceptors (Lipinski definition) is 3. The van der Waals surface area contributed by atoms with Crippen molar-refractivity contribution in [1.82, 2.24) is 14.5 Å². The van der Waals surface area contributed by atoms with E-state index in [1.807, 2.05) is 29.0 Å². The van der Waals surface area contributed by atoms with Gasteiger partial charge >= 0.3 is 0 Å². The van der Waals surface area contributed by atoms with Crippen LogP contribution in [-0.4, -0.2) is 21.6 Å². The highest BCUT2D eigenvalue weighted by atomic mass is 35.5. The summed E-state index contributed by atoms with van der Waals surface area (Å²) in [6.07, 6.45) is 6.96. The number of pyridine rings is 1. The van der Waals surface area contributed by atoms with Gasteiger partial charge in [-0.25, -0.2) is 9.37 Å². The fourth-order valence-electron chi connectivity index (χ4n) is 3.18. The molecule has 0 amide bonds. The van der Waals surface area contributed by atoms with E-state index in [-0.39, 0.29) is 18.2 Å². The minimum atomic E-state index is -0.340. The van der Waals surface area contributed by atoms with Gasteiger partial charge in [-0.05, 0) is 35.9 Å². The lowest BCUT2D eigenvalue weighted by atomic mass is 10.0. The van der Waals surface area contributed by atoms with Gasteiger partial charge in [-0.15, -0.1) is 12.4 Å². The average molecular weight is 430 g/mol. The Morgan fingerprint density at radius 2 is 1.90 bits per heavy atom. The van der Waals surface area contributed by atoms with Crippen LogP contribution in [0.5, 0.6) is 5.75 Å². The van der Waals surface area contributed by atoms with Gasteiger partial charge in [0, 0.05) is 40.9 Å². The molecule has 2 aromatic heterocycles. The molecular formula is C22H18Cl2FN3O. The third-order valence-electron chi connectivity index (χ3n) is 4.49. The molecule has 0 N–H and O–H groups in total. The van der Waals surface area contributed by atoms with Gasteiger partial charge in [0.25, 0.3) is 0 Å². The maximum absolute atomic E-state index is 15.5. The first-order chi connectivity index (χ1) is 13.7. The van der Waals surface area contributed by atoms with E-state index >= 15 is 4.39 Å². The van der Waals surface area contributed by atoms with E-state index in [1.54, 1.807) is 48.9 Å². The Morgan fingerprint density at radius 1 is 1.07 bits per heavy atom. The first-order valence-electron chi connectivity index (χ1n) is 8.70. The number of methoxy groups -OCH3 is 1. The summed E-state index contributed by atoms with van der Waals surface area (Å²) in [4.78, 5) is 8.53. The lowest BCUT2D eigenvalue weighted by Crippen LogP contribution is -2.05. The zero-order chi connectivity index (χ0) is 19.5. The molecule has 0 aliphatic carbocycles. The monoisotopic (exact) mass is 429 g/mol. The second-order valence-corrected chi connectivity index (χ2v) is 6.68. The fraction of sp³-hybridized carbons (Fsp3) is 0.0909.